The highest BCUT2D eigenvalue weighted by Gasteiger charge is 2.32. The van der Waals surface area contributed by atoms with Crippen molar-refractivity contribution >= 4 is 55.1 Å². The predicted octanol–water partition coefficient (Wildman–Crippen LogP) is 9.96. The number of carboxylic acids is 1. The van der Waals surface area contributed by atoms with E-state index in [9.17, 15) is 9.90 Å². The minimum Gasteiger partial charge on any atom is -0.479 e. The fourth-order valence-corrected chi connectivity index (χ4v) is 6.13. The number of carboxylic acid groups (broad SMARTS) is 1. The van der Waals surface area contributed by atoms with Crippen LogP contribution in [0.25, 0.3) is 43.0 Å². The summed E-state index contributed by atoms with van der Waals surface area (Å²) in [5, 5.41) is 11.7. The van der Waals surface area contributed by atoms with Crippen LogP contribution in [0.2, 0.25) is 5.02 Å². The summed E-state index contributed by atoms with van der Waals surface area (Å²) < 4.78 is 8.06. The standard InChI is InChI=1S/C32H27BrClNO3S/c1-18-17-25-29(39-30(35-25)22-7-5-19(6-8-22)20-9-13-23(33)14-10-20)27(21-11-15-24(34)16-12-21)26(18)28(31(36)37)38-32(2,3)4/h5-17,28H,1-4H3,(H,36,37). The molecule has 1 aromatic heterocycles. The van der Waals surface area contributed by atoms with Gasteiger partial charge in [0.1, 0.15) is 5.01 Å². The Morgan fingerprint density at radius 1 is 0.923 bits per heavy atom. The van der Waals surface area contributed by atoms with Crippen LogP contribution in [-0.2, 0) is 9.53 Å². The predicted molar refractivity (Wildman–Crippen MR) is 165 cm³/mol. The largest absolute Gasteiger partial charge is 0.479 e. The van der Waals surface area contributed by atoms with E-state index in [0.29, 0.717) is 10.6 Å². The van der Waals surface area contributed by atoms with Crippen LogP contribution < -0.4 is 0 Å². The number of fused-ring (bicyclic) bond motifs is 1. The number of hydrogen-bond donors (Lipinski definition) is 1. The highest BCUT2D eigenvalue weighted by Crippen LogP contribution is 2.44. The molecule has 5 aromatic rings. The van der Waals surface area contributed by atoms with Gasteiger partial charge in [-0.25, -0.2) is 9.78 Å². The third kappa shape index (κ3) is 5.94. The van der Waals surface area contributed by atoms with Crippen LogP contribution in [0.5, 0.6) is 0 Å². The number of ether oxygens (including phenoxy) is 1. The van der Waals surface area contributed by atoms with E-state index in [4.69, 9.17) is 21.3 Å². The molecule has 0 aliphatic heterocycles. The van der Waals surface area contributed by atoms with E-state index in [1.165, 1.54) is 0 Å². The van der Waals surface area contributed by atoms with Gasteiger partial charge < -0.3 is 9.84 Å². The molecule has 39 heavy (non-hydrogen) atoms. The van der Waals surface area contributed by atoms with Crippen molar-refractivity contribution in [2.24, 2.45) is 0 Å². The molecule has 0 fully saturated rings. The number of aromatic nitrogens is 1. The Balaban J connectivity index is 1.67. The molecule has 4 nitrogen and oxygen atoms in total. The Morgan fingerprint density at radius 2 is 1.46 bits per heavy atom. The third-order valence-corrected chi connectivity index (χ3v) is 8.25. The lowest BCUT2D eigenvalue weighted by molar-refractivity contribution is -0.160. The van der Waals surface area contributed by atoms with E-state index in [1.54, 1.807) is 11.3 Å². The second kappa shape index (κ2) is 10.9. The third-order valence-electron chi connectivity index (χ3n) is 6.33. The second-order valence-corrected chi connectivity index (χ2v) is 12.7. The van der Waals surface area contributed by atoms with E-state index in [0.717, 1.165) is 53.1 Å². The monoisotopic (exact) mass is 619 g/mol. The first-order valence-corrected chi connectivity index (χ1v) is 14.5. The van der Waals surface area contributed by atoms with Crippen LogP contribution >= 0.6 is 38.9 Å². The summed E-state index contributed by atoms with van der Waals surface area (Å²) in [6.45, 7) is 7.51. The van der Waals surface area contributed by atoms with E-state index in [-0.39, 0.29) is 0 Å². The van der Waals surface area contributed by atoms with Crippen molar-refractivity contribution in [1.29, 1.82) is 0 Å². The number of carbonyl (C=O) groups is 1. The summed E-state index contributed by atoms with van der Waals surface area (Å²) >= 11 is 11.2. The summed E-state index contributed by atoms with van der Waals surface area (Å²) in [7, 11) is 0. The minimum absolute atomic E-state index is 0.612. The average molecular weight is 621 g/mol. The lowest BCUT2D eigenvalue weighted by atomic mass is 9.91. The van der Waals surface area contributed by atoms with Crippen molar-refractivity contribution in [3.8, 4) is 32.8 Å². The van der Waals surface area contributed by atoms with Gasteiger partial charge in [0.15, 0.2) is 6.10 Å². The van der Waals surface area contributed by atoms with Crippen molar-refractivity contribution in [2.45, 2.75) is 39.4 Å². The van der Waals surface area contributed by atoms with Gasteiger partial charge in [0.05, 0.1) is 15.8 Å². The van der Waals surface area contributed by atoms with Crippen LogP contribution in [-0.4, -0.2) is 21.7 Å². The molecule has 198 valence electrons. The summed E-state index contributed by atoms with van der Waals surface area (Å²) in [6, 6.07) is 26.0. The maximum Gasteiger partial charge on any atom is 0.337 e. The Bertz CT molecular complexity index is 1650. The fourth-order valence-electron chi connectivity index (χ4n) is 4.61. The molecule has 0 radical (unpaired) electrons. The molecular weight excluding hydrogens is 594 g/mol. The summed E-state index contributed by atoms with van der Waals surface area (Å²) in [6.07, 6.45) is -1.14. The summed E-state index contributed by atoms with van der Waals surface area (Å²) in [5.74, 6) is -1.03. The van der Waals surface area contributed by atoms with Gasteiger partial charge in [-0.2, -0.15) is 0 Å². The molecule has 0 spiro atoms. The molecule has 0 saturated heterocycles. The van der Waals surface area contributed by atoms with Crippen molar-refractivity contribution < 1.29 is 14.6 Å². The van der Waals surface area contributed by atoms with Gasteiger partial charge in [0.25, 0.3) is 0 Å². The Labute approximate surface area is 245 Å². The first-order valence-electron chi connectivity index (χ1n) is 12.5. The molecule has 7 heteroatoms. The number of hydrogen-bond acceptors (Lipinski definition) is 4. The Hall–Kier alpha value is -3.03. The van der Waals surface area contributed by atoms with Crippen molar-refractivity contribution in [3.63, 3.8) is 0 Å². The van der Waals surface area contributed by atoms with Crippen molar-refractivity contribution in [1.82, 2.24) is 4.98 Å². The van der Waals surface area contributed by atoms with Crippen molar-refractivity contribution in [2.75, 3.05) is 0 Å². The zero-order valence-electron chi connectivity index (χ0n) is 22.0. The first kappa shape index (κ1) is 27.5. The lowest BCUT2D eigenvalue weighted by Gasteiger charge is -2.28. The van der Waals surface area contributed by atoms with Gasteiger partial charge in [-0.3, -0.25) is 0 Å². The van der Waals surface area contributed by atoms with Crippen LogP contribution in [0.1, 0.15) is 38.0 Å². The number of rotatable bonds is 6. The maximum absolute atomic E-state index is 12.5. The summed E-state index contributed by atoms with van der Waals surface area (Å²) in [5.41, 5.74) is 6.55. The number of aryl methyl sites for hydroxylation is 1. The zero-order valence-corrected chi connectivity index (χ0v) is 25.1. The number of thiazole rings is 1. The molecule has 1 N–H and O–H groups in total. The van der Waals surface area contributed by atoms with E-state index < -0.39 is 17.7 Å². The SMILES string of the molecule is Cc1cc2nc(-c3ccc(-c4ccc(Br)cc4)cc3)sc2c(-c2ccc(Cl)cc2)c1C(OC(C)(C)C)C(=O)O. The molecule has 5 rings (SSSR count). The number of benzene rings is 4. The topological polar surface area (TPSA) is 59.4 Å². The molecule has 0 saturated carbocycles. The molecule has 0 bridgehead atoms. The fraction of sp³-hybridized carbons (Fsp3) is 0.188. The van der Waals surface area contributed by atoms with E-state index in [1.807, 2.05) is 70.2 Å². The maximum atomic E-state index is 12.5. The first-order chi connectivity index (χ1) is 18.5. The molecular formula is C32H27BrClNO3S. The van der Waals surface area contributed by atoms with Crippen LogP contribution in [0.15, 0.2) is 83.3 Å². The van der Waals surface area contributed by atoms with Gasteiger partial charge in [0.2, 0.25) is 0 Å². The number of aliphatic carboxylic acids is 1. The Kier molecular flexibility index (Phi) is 7.66. The average Bonchev–Trinajstić information content (AvgIpc) is 3.31. The normalized spacial score (nSPS) is 12.6. The molecule has 0 amide bonds. The quantitative estimate of drug-likeness (QED) is 0.205. The molecule has 4 aromatic carbocycles. The molecule has 1 atom stereocenters. The van der Waals surface area contributed by atoms with Crippen LogP contribution in [0, 0.1) is 6.92 Å². The van der Waals surface area contributed by atoms with Gasteiger partial charge in [-0.1, -0.05) is 76.1 Å². The Morgan fingerprint density at radius 3 is 2.03 bits per heavy atom. The lowest BCUT2D eigenvalue weighted by Crippen LogP contribution is -2.28. The van der Waals surface area contributed by atoms with Gasteiger partial charge in [-0.15, -0.1) is 11.3 Å². The van der Waals surface area contributed by atoms with Gasteiger partial charge >= 0.3 is 5.97 Å². The van der Waals surface area contributed by atoms with Crippen LogP contribution in [0.4, 0.5) is 0 Å². The minimum atomic E-state index is -1.14. The van der Waals surface area contributed by atoms with E-state index >= 15 is 0 Å². The van der Waals surface area contributed by atoms with Crippen LogP contribution in [0.3, 0.4) is 0 Å². The molecule has 1 heterocycles. The molecule has 1 unspecified atom stereocenters. The molecule has 0 aliphatic carbocycles. The highest BCUT2D eigenvalue weighted by atomic mass is 79.9. The highest BCUT2D eigenvalue weighted by molar-refractivity contribution is 9.10. The zero-order chi connectivity index (χ0) is 27.9. The number of halogens is 2. The van der Waals surface area contributed by atoms with Gasteiger partial charge in [0, 0.05) is 26.2 Å². The molecule has 0 aliphatic rings. The summed E-state index contributed by atoms with van der Waals surface area (Å²) in [4.78, 5) is 17.5. The van der Waals surface area contributed by atoms with Crippen molar-refractivity contribution in [3.05, 3.63) is 99.5 Å². The van der Waals surface area contributed by atoms with E-state index in [2.05, 4.69) is 52.3 Å². The second-order valence-electron chi connectivity index (χ2n) is 10.4. The van der Waals surface area contributed by atoms with Gasteiger partial charge in [-0.05, 0) is 80.3 Å². The number of nitrogens with zero attached hydrogens (tertiary/aromatic N) is 1. The smallest absolute Gasteiger partial charge is 0.337 e.